The summed E-state index contributed by atoms with van der Waals surface area (Å²) in [5.41, 5.74) is 0. The van der Waals surface area contributed by atoms with Gasteiger partial charge in [-0.1, -0.05) is 263 Å². The number of phosphoric acid groups is 2. The van der Waals surface area contributed by atoms with Gasteiger partial charge in [-0.2, -0.15) is 0 Å². The van der Waals surface area contributed by atoms with Crippen molar-refractivity contribution in [3.05, 3.63) is 158 Å². The molecular formula is C83H136O17P2. The van der Waals surface area contributed by atoms with E-state index in [1.807, 2.05) is 18.2 Å². The standard InChI is InChI=1S/C83H136O17P2/c1-5-9-13-17-21-25-29-33-36-37-38-39-42-45-48-52-56-60-64-68-81(86)94-74-79(100-83(88)70-66-62-58-54-50-46-41-35-31-27-23-19-15-11-7-3)76-98-102(91,92)96-72-77(84)71-95-101(89,90)97-75-78(99-82(87)69-65-61-57-53-49-43-32-28-24-20-16-12-8-4)73-93-80(85)67-63-59-55-51-47-44-40-34-30-26-22-18-14-10-6-2/h9-11,13-15,21-23,25-28,32-36,38-41,45,48,56,60,77-79,84H,5-8,12,16-20,24,29-31,37,42-44,46-47,49-55,57-59,61-76H2,1-4H3,(H,89,90)(H,91,92)/b13-9-,14-10-,15-11-,25-21-,26-22-,27-23-,32-28-,36-33-,39-38-,40-34-,41-35-,48-45-,60-56-. The average Bonchev–Trinajstić information content (AvgIpc) is 0.924. The van der Waals surface area contributed by atoms with E-state index in [0.29, 0.717) is 32.1 Å². The monoisotopic (exact) mass is 1470 g/mol. The van der Waals surface area contributed by atoms with Crippen molar-refractivity contribution in [1.82, 2.24) is 0 Å². The Morgan fingerprint density at radius 3 is 0.853 bits per heavy atom. The summed E-state index contributed by atoms with van der Waals surface area (Å²) >= 11 is 0. The maximum Gasteiger partial charge on any atom is 0.472 e. The first kappa shape index (κ1) is 96.7. The maximum absolute atomic E-state index is 13.1. The van der Waals surface area contributed by atoms with E-state index in [4.69, 9.17) is 37.0 Å². The summed E-state index contributed by atoms with van der Waals surface area (Å²) in [5.74, 6) is -2.33. The van der Waals surface area contributed by atoms with E-state index < -0.39 is 97.5 Å². The van der Waals surface area contributed by atoms with Gasteiger partial charge in [0.1, 0.15) is 19.3 Å². The Balaban J connectivity index is 5.46. The number of aliphatic hydroxyl groups excluding tert-OH is 1. The normalized spacial score (nSPS) is 14.8. The van der Waals surface area contributed by atoms with Gasteiger partial charge in [0.05, 0.1) is 26.4 Å². The highest BCUT2D eigenvalue weighted by Crippen LogP contribution is 2.45. The molecule has 3 N–H and O–H groups in total. The van der Waals surface area contributed by atoms with E-state index in [0.717, 1.165) is 173 Å². The highest BCUT2D eigenvalue weighted by atomic mass is 31.2. The number of aliphatic hydroxyl groups is 1. The molecule has 5 unspecified atom stereocenters. The first-order valence-electron chi connectivity index (χ1n) is 38.7. The fourth-order valence-electron chi connectivity index (χ4n) is 9.68. The lowest BCUT2D eigenvalue weighted by molar-refractivity contribution is -0.161. The molecule has 0 aliphatic rings. The number of hydrogen-bond acceptors (Lipinski definition) is 15. The lowest BCUT2D eigenvalue weighted by Crippen LogP contribution is -2.30. The van der Waals surface area contributed by atoms with Crippen LogP contribution in [0.3, 0.4) is 0 Å². The van der Waals surface area contributed by atoms with Gasteiger partial charge in [0, 0.05) is 25.7 Å². The zero-order valence-corrected chi connectivity index (χ0v) is 65.0. The predicted molar refractivity (Wildman–Crippen MR) is 417 cm³/mol. The Bertz CT molecular complexity index is 2550. The zero-order valence-electron chi connectivity index (χ0n) is 63.2. The number of carbonyl (C=O) groups excluding carboxylic acids is 4. The molecule has 0 aliphatic heterocycles. The molecule has 0 aromatic rings. The van der Waals surface area contributed by atoms with Gasteiger partial charge in [-0.3, -0.25) is 37.3 Å². The van der Waals surface area contributed by atoms with Crippen LogP contribution in [0.1, 0.15) is 285 Å². The van der Waals surface area contributed by atoms with Crippen molar-refractivity contribution in [2.24, 2.45) is 0 Å². The molecule has 17 nitrogen and oxygen atoms in total. The van der Waals surface area contributed by atoms with Crippen LogP contribution in [0.15, 0.2) is 158 Å². The molecule has 0 saturated heterocycles. The lowest BCUT2D eigenvalue weighted by atomic mass is 10.1. The van der Waals surface area contributed by atoms with Gasteiger partial charge >= 0.3 is 39.5 Å². The third-order valence-electron chi connectivity index (χ3n) is 15.5. The molecule has 0 saturated carbocycles. The number of hydrogen-bond donors (Lipinski definition) is 3. The molecule has 19 heteroatoms. The number of phosphoric ester groups is 2. The number of allylic oxidation sites excluding steroid dienone is 26. The zero-order chi connectivity index (χ0) is 74.6. The van der Waals surface area contributed by atoms with E-state index in [-0.39, 0.29) is 25.7 Å². The second kappa shape index (κ2) is 74.0. The van der Waals surface area contributed by atoms with Crippen LogP contribution in [0.25, 0.3) is 0 Å². The first-order valence-corrected chi connectivity index (χ1v) is 41.7. The summed E-state index contributed by atoms with van der Waals surface area (Å²) in [6.45, 7) is 4.37. The average molecular weight is 1470 g/mol. The SMILES string of the molecule is CC/C=C\C/C=C\C/C=C\C/C=C\C/C=C\C/C=C\CCC(=O)OCC(COP(=O)(O)OCC(O)COP(=O)(O)OCC(COC(=O)CCCCCCC/C=C\C/C=C\C/C=C\CC)OC(=O)CCCCCCC/C=C\CCCCCC)OC(=O)CCCCCCC/C=C\C/C=C\C/C=C\CC. The van der Waals surface area contributed by atoms with Crippen LogP contribution < -0.4 is 0 Å². The third-order valence-corrected chi connectivity index (χ3v) is 17.4. The minimum atomic E-state index is -5.00. The van der Waals surface area contributed by atoms with Crippen LogP contribution in [-0.2, 0) is 65.4 Å². The smallest absolute Gasteiger partial charge is 0.462 e. The first-order chi connectivity index (χ1) is 49.7. The highest BCUT2D eigenvalue weighted by molar-refractivity contribution is 7.47. The molecule has 0 aromatic heterocycles. The fraction of sp³-hybridized carbons (Fsp3) is 0.639. The molecular weight excluding hydrogens is 1330 g/mol. The molecule has 0 aliphatic carbocycles. The van der Waals surface area contributed by atoms with Gasteiger partial charge in [-0.25, -0.2) is 9.13 Å². The molecule has 0 aromatic carbocycles. The molecule has 0 rings (SSSR count). The topological polar surface area (TPSA) is 237 Å². The number of unbranched alkanes of at least 4 members (excludes halogenated alkanes) is 19. The van der Waals surface area contributed by atoms with Crippen molar-refractivity contribution < 1.29 is 80.2 Å². The van der Waals surface area contributed by atoms with Crippen LogP contribution in [-0.4, -0.2) is 96.7 Å². The van der Waals surface area contributed by atoms with Crippen molar-refractivity contribution in [2.45, 2.75) is 303 Å². The summed E-state index contributed by atoms with van der Waals surface area (Å²) in [5, 5.41) is 10.6. The summed E-state index contributed by atoms with van der Waals surface area (Å²) in [7, 11) is -10.00. The number of rotatable bonds is 71. The molecule has 102 heavy (non-hydrogen) atoms. The Labute approximate surface area is 617 Å². The quantitative estimate of drug-likeness (QED) is 0.0169. The van der Waals surface area contributed by atoms with Gasteiger partial charge in [-0.05, 0) is 154 Å². The van der Waals surface area contributed by atoms with Crippen LogP contribution in [0.2, 0.25) is 0 Å². The van der Waals surface area contributed by atoms with Crippen LogP contribution in [0.4, 0.5) is 0 Å². The van der Waals surface area contributed by atoms with Gasteiger partial charge in [-0.15, -0.1) is 0 Å². The van der Waals surface area contributed by atoms with Crippen molar-refractivity contribution in [2.75, 3.05) is 39.6 Å². The molecule has 5 atom stereocenters. The Morgan fingerprint density at radius 2 is 0.529 bits per heavy atom. The van der Waals surface area contributed by atoms with Crippen LogP contribution in [0, 0.1) is 0 Å². The van der Waals surface area contributed by atoms with Gasteiger partial charge in [0.2, 0.25) is 0 Å². The highest BCUT2D eigenvalue weighted by Gasteiger charge is 2.30. The Hall–Kier alpha value is -5.32. The van der Waals surface area contributed by atoms with Crippen molar-refractivity contribution in [1.29, 1.82) is 0 Å². The third kappa shape index (κ3) is 73.0. The van der Waals surface area contributed by atoms with Crippen molar-refractivity contribution in [3.63, 3.8) is 0 Å². The lowest BCUT2D eigenvalue weighted by Gasteiger charge is -2.21. The summed E-state index contributed by atoms with van der Waals surface area (Å²) in [6, 6.07) is 0. The number of esters is 4. The molecule has 0 heterocycles. The maximum atomic E-state index is 13.1. The summed E-state index contributed by atoms with van der Waals surface area (Å²) < 4.78 is 68.4. The molecule has 0 radical (unpaired) electrons. The largest absolute Gasteiger partial charge is 0.472 e. The van der Waals surface area contributed by atoms with Crippen molar-refractivity contribution in [3.8, 4) is 0 Å². The molecule has 0 bridgehead atoms. The number of ether oxygens (including phenoxy) is 4. The van der Waals surface area contributed by atoms with Crippen LogP contribution >= 0.6 is 15.6 Å². The van der Waals surface area contributed by atoms with Gasteiger partial charge in [0.15, 0.2) is 12.2 Å². The van der Waals surface area contributed by atoms with Gasteiger partial charge in [0.25, 0.3) is 0 Å². The molecule has 0 amide bonds. The summed E-state index contributed by atoms with van der Waals surface area (Å²) in [4.78, 5) is 72.9. The minimum Gasteiger partial charge on any atom is -0.462 e. The van der Waals surface area contributed by atoms with E-state index in [1.165, 1.54) is 25.7 Å². The van der Waals surface area contributed by atoms with Crippen molar-refractivity contribution >= 4 is 39.5 Å². The van der Waals surface area contributed by atoms with E-state index in [2.05, 4.69) is 167 Å². The second-order valence-corrected chi connectivity index (χ2v) is 28.1. The van der Waals surface area contributed by atoms with Gasteiger partial charge < -0.3 is 33.8 Å². The molecule has 580 valence electrons. The van der Waals surface area contributed by atoms with Crippen LogP contribution in [0.5, 0.6) is 0 Å². The van der Waals surface area contributed by atoms with E-state index >= 15 is 0 Å². The van der Waals surface area contributed by atoms with E-state index in [9.17, 15) is 43.2 Å². The summed E-state index contributed by atoms with van der Waals surface area (Å²) in [6.07, 6.45) is 85.3. The molecule has 0 spiro atoms. The Morgan fingerprint density at radius 1 is 0.284 bits per heavy atom. The fourth-order valence-corrected chi connectivity index (χ4v) is 11.3. The predicted octanol–water partition coefficient (Wildman–Crippen LogP) is 22.4. The van der Waals surface area contributed by atoms with E-state index in [1.54, 1.807) is 0 Å². The molecule has 0 fully saturated rings. The minimum absolute atomic E-state index is 0.0268. The second-order valence-electron chi connectivity index (χ2n) is 25.1. The Kier molecular flexibility index (Phi) is 70.1. The number of carbonyl (C=O) groups is 4.